The van der Waals surface area contributed by atoms with E-state index in [4.69, 9.17) is 4.98 Å². The van der Waals surface area contributed by atoms with E-state index in [1.54, 1.807) is 0 Å². The molecule has 0 saturated carbocycles. The second-order valence-electron chi connectivity index (χ2n) is 5.47. The molecule has 1 N–H and O–H groups in total. The summed E-state index contributed by atoms with van der Waals surface area (Å²) in [6, 6.07) is 8.56. The first-order chi connectivity index (χ1) is 9.24. The lowest BCUT2D eigenvalue weighted by Gasteiger charge is -2.36. The fourth-order valence-corrected chi connectivity index (χ4v) is 2.53. The van der Waals surface area contributed by atoms with E-state index in [9.17, 15) is 0 Å². The number of rotatable bonds is 2. The molecule has 2 heterocycles. The molecule has 1 aliphatic rings. The van der Waals surface area contributed by atoms with Crippen LogP contribution in [0.25, 0.3) is 11.0 Å². The van der Waals surface area contributed by atoms with Crippen LogP contribution in [0.3, 0.4) is 0 Å². The molecule has 1 fully saturated rings. The molecule has 4 heteroatoms. The molecule has 0 aliphatic carbocycles. The van der Waals surface area contributed by atoms with Crippen molar-refractivity contribution < 1.29 is 0 Å². The van der Waals surface area contributed by atoms with E-state index in [1.165, 1.54) is 0 Å². The fourth-order valence-electron chi connectivity index (χ4n) is 2.53. The predicted octanol–water partition coefficient (Wildman–Crippen LogP) is 2.06. The Hall–Kier alpha value is -1.68. The summed E-state index contributed by atoms with van der Waals surface area (Å²) in [4.78, 5) is 11.6. The molecule has 1 aromatic carbocycles. The van der Waals surface area contributed by atoms with E-state index in [0.717, 1.165) is 36.5 Å². The second kappa shape index (κ2) is 5.13. The van der Waals surface area contributed by atoms with E-state index in [1.807, 2.05) is 30.5 Å². The maximum absolute atomic E-state index is 4.73. The van der Waals surface area contributed by atoms with Crippen LogP contribution in [-0.2, 0) is 0 Å². The molecule has 3 rings (SSSR count). The average Bonchev–Trinajstić information content (AvgIpc) is 2.47. The molecule has 1 aliphatic heterocycles. The van der Waals surface area contributed by atoms with Gasteiger partial charge in [-0.15, -0.1) is 0 Å². The molecule has 0 radical (unpaired) electrons. The minimum atomic E-state index is 0.530. The lowest BCUT2D eigenvalue weighted by molar-refractivity contribution is 0.367. The Kier molecular flexibility index (Phi) is 3.34. The van der Waals surface area contributed by atoms with Gasteiger partial charge in [0.25, 0.3) is 0 Å². The van der Waals surface area contributed by atoms with Gasteiger partial charge in [-0.05, 0) is 18.1 Å². The normalized spacial score (nSPS) is 20.2. The Morgan fingerprint density at radius 1 is 1.26 bits per heavy atom. The zero-order valence-electron chi connectivity index (χ0n) is 11.5. The lowest BCUT2D eigenvalue weighted by Crippen LogP contribution is -2.53. The highest BCUT2D eigenvalue weighted by molar-refractivity contribution is 5.75. The van der Waals surface area contributed by atoms with Gasteiger partial charge in [0.1, 0.15) is 5.82 Å². The van der Waals surface area contributed by atoms with Gasteiger partial charge in [0.2, 0.25) is 0 Å². The fraction of sp³-hybridized carbons (Fsp3) is 0.467. The van der Waals surface area contributed by atoms with Gasteiger partial charge in [0.05, 0.1) is 17.2 Å². The largest absolute Gasteiger partial charge is 0.352 e. The molecular weight excluding hydrogens is 236 g/mol. The first-order valence-electron chi connectivity index (χ1n) is 6.94. The number of benzene rings is 1. The number of piperazine rings is 1. The van der Waals surface area contributed by atoms with Crippen molar-refractivity contribution in [3.05, 3.63) is 30.5 Å². The first-order valence-corrected chi connectivity index (χ1v) is 6.94. The number of nitrogens with one attached hydrogen (secondary N) is 1. The maximum atomic E-state index is 4.73. The summed E-state index contributed by atoms with van der Waals surface area (Å²) in [6.45, 7) is 7.53. The van der Waals surface area contributed by atoms with Crippen molar-refractivity contribution in [1.82, 2.24) is 15.3 Å². The van der Waals surface area contributed by atoms with E-state index in [2.05, 4.69) is 29.0 Å². The van der Waals surface area contributed by atoms with Crippen LogP contribution in [-0.4, -0.2) is 35.6 Å². The predicted molar refractivity (Wildman–Crippen MR) is 78.4 cm³/mol. The van der Waals surface area contributed by atoms with Crippen LogP contribution in [0.5, 0.6) is 0 Å². The summed E-state index contributed by atoms with van der Waals surface area (Å²) in [7, 11) is 0. The zero-order valence-corrected chi connectivity index (χ0v) is 11.5. The number of anilines is 1. The highest BCUT2D eigenvalue weighted by atomic mass is 15.2. The molecule has 1 aromatic heterocycles. The molecule has 4 nitrogen and oxygen atoms in total. The van der Waals surface area contributed by atoms with E-state index in [-0.39, 0.29) is 0 Å². The quantitative estimate of drug-likeness (QED) is 0.893. The maximum Gasteiger partial charge on any atom is 0.147 e. The highest BCUT2D eigenvalue weighted by Crippen LogP contribution is 2.18. The van der Waals surface area contributed by atoms with E-state index >= 15 is 0 Å². The van der Waals surface area contributed by atoms with Gasteiger partial charge in [0.15, 0.2) is 0 Å². The van der Waals surface area contributed by atoms with Crippen LogP contribution in [0.4, 0.5) is 5.82 Å². The third kappa shape index (κ3) is 2.54. The molecule has 2 aromatic rings. The van der Waals surface area contributed by atoms with Gasteiger partial charge in [0, 0.05) is 25.7 Å². The summed E-state index contributed by atoms with van der Waals surface area (Å²) >= 11 is 0. The number of aromatic nitrogens is 2. The summed E-state index contributed by atoms with van der Waals surface area (Å²) in [5.74, 6) is 1.63. The smallest absolute Gasteiger partial charge is 0.147 e. The monoisotopic (exact) mass is 256 g/mol. The van der Waals surface area contributed by atoms with Gasteiger partial charge >= 0.3 is 0 Å². The minimum absolute atomic E-state index is 0.530. The highest BCUT2D eigenvalue weighted by Gasteiger charge is 2.22. The number of nitrogens with zero attached hydrogens (tertiary/aromatic N) is 3. The standard InChI is InChI=1S/C15H20N4/c1-11(2)14-10-19(8-7-16-14)15-9-17-12-5-3-4-6-13(12)18-15/h3-6,9,11,14,16H,7-8,10H2,1-2H3/t14-/m0/s1. The van der Waals surface area contributed by atoms with Crippen LogP contribution in [0.2, 0.25) is 0 Å². The van der Waals surface area contributed by atoms with Crippen molar-refractivity contribution in [2.75, 3.05) is 24.5 Å². The average molecular weight is 256 g/mol. The Balaban J connectivity index is 1.87. The molecule has 19 heavy (non-hydrogen) atoms. The van der Waals surface area contributed by atoms with Gasteiger partial charge in [-0.2, -0.15) is 0 Å². The zero-order chi connectivity index (χ0) is 13.2. The summed E-state index contributed by atoms with van der Waals surface area (Å²) < 4.78 is 0. The SMILES string of the molecule is CC(C)[C@@H]1CN(c2cnc3ccccc3n2)CCN1. The van der Waals surface area contributed by atoms with E-state index in [0.29, 0.717) is 12.0 Å². The van der Waals surface area contributed by atoms with Crippen molar-refractivity contribution in [1.29, 1.82) is 0 Å². The summed E-state index contributed by atoms with van der Waals surface area (Å²) in [5.41, 5.74) is 1.93. The lowest BCUT2D eigenvalue weighted by atomic mass is 10.0. The molecule has 1 saturated heterocycles. The van der Waals surface area contributed by atoms with Crippen LogP contribution >= 0.6 is 0 Å². The molecule has 0 spiro atoms. The Bertz CT molecular complexity index is 567. The van der Waals surface area contributed by atoms with Gasteiger partial charge in [-0.1, -0.05) is 26.0 Å². The minimum Gasteiger partial charge on any atom is -0.352 e. The van der Waals surface area contributed by atoms with Crippen molar-refractivity contribution in [3.8, 4) is 0 Å². The van der Waals surface area contributed by atoms with Crippen molar-refractivity contribution in [2.45, 2.75) is 19.9 Å². The Morgan fingerprint density at radius 2 is 2.05 bits per heavy atom. The van der Waals surface area contributed by atoms with Gasteiger partial charge in [-0.3, -0.25) is 4.98 Å². The molecule has 1 atom stereocenters. The molecule has 100 valence electrons. The third-order valence-electron chi connectivity index (χ3n) is 3.77. The number of para-hydroxylation sites is 2. The third-order valence-corrected chi connectivity index (χ3v) is 3.77. The molecule has 0 amide bonds. The number of hydrogen-bond donors (Lipinski definition) is 1. The van der Waals surface area contributed by atoms with Crippen LogP contribution in [0.1, 0.15) is 13.8 Å². The Morgan fingerprint density at radius 3 is 2.84 bits per heavy atom. The van der Waals surface area contributed by atoms with Crippen molar-refractivity contribution >= 4 is 16.9 Å². The van der Waals surface area contributed by atoms with Gasteiger partial charge < -0.3 is 10.2 Å². The second-order valence-corrected chi connectivity index (χ2v) is 5.47. The summed E-state index contributed by atoms with van der Waals surface area (Å²) in [6.07, 6.45) is 1.89. The number of hydrogen-bond acceptors (Lipinski definition) is 4. The van der Waals surface area contributed by atoms with E-state index < -0.39 is 0 Å². The van der Waals surface area contributed by atoms with Crippen LogP contribution in [0, 0.1) is 5.92 Å². The molecular formula is C15H20N4. The summed E-state index contributed by atoms with van der Waals surface area (Å²) in [5, 5.41) is 3.57. The first kappa shape index (κ1) is 12.4. The topological polar surface area (TPSA) is 41.1 Å². The number of fused-ring (bicyclic) bond motifs is 1. The van der Waals surface area contributed by atoms with Gasteiger partial charge in [-0.25, -0.2) is 4.98 Å². The van der Waals surface area contributed by atoms with Crippen LogP contribution in [0.15, 0.2) is 30.5 Å². The molecule has 0 bridgehead atoms. The van der Waals surface area contributed by atoms with Crippen molar-refractivity contribution in [3.63, 3.8) is 0 Å². The van der Waals surface area contributed by atoms with Crippen LogP contribution < -0.4 is 10.2 Å². The Labute approximate surface area is 113 Å². The molecule has 0 unspecified atom stereocenters. The van der Waals surface area contributed by atoms with Crippen molar-refractivity contribution in [2.24, 2.45) is 5.92 Å².